The van der Waals surface area contributed by atoms with Gasteiger partial charge in [0.25, 0.3) is 0 Å². The Kier molecular flexibility index (Phi) is 4.89. The summed E-state index contributed by atoms with van der Waals surface area (Å²) in [6.45, 7) is 1.97. The summed E-state index contributed by atoms with van der Waals surface area (Å²) in [7, 11) is 0. The van der Waals surface area contributed by atoms with Crippen molar-refractivity contribution in [1.29, 1.82) is 0 Å². The van der Waals surface area contributed by atoms with E-state index in [9.17, 15) is 35.5 Å². The fraction of sp³-hybridized carbons (Fsp3) is 0.438. The average molecular weight is 370 g/mol. The molecule has 138 valence electrons. The predicted molar refractivity (Wildman–Crippen MR) is 72.0 cm³/mol. The maximum Gasteiger partial charge on any atom is 0.409 e. The van der Waals surface area contributed by atoms with Gasteiger partial charge >= 0.3 is 12.1 Å². The lowest BCUT2D eigenvalue weighted by molar-refractivity contribution is -0.147. The van der Waals surface area contributed by atoms with Crippen molar-refractivity contribution in [1.82, 2.24) is 0 Å². The third kappa shape index (κ3) is 3.96. The normalized spacial score (nSPS) is 22.3. The van der Waals surface area contributed by atoms with Crippen LogP contribution in [0.5, 0.6) is 0 Å². The SMILES string of the molecule is CC1(C)C(/C=C/C(F)(F)F)C1C(=O)OCc1c(F)c(F)cc(F)c1F. The number of carbonyl (C=O) groups is 1. The van der Waals surface area contributed by atoms with Crippen LogP contribution in [0.15, 0.2) is 18.2 Å². The first-order valence-electron chi connectivity index (χ1n) is 7.11. The van der Waals surface area contributed by atoms with Crippen LogP contribution < -0.4 is 0 Å². The molecule has 0 N–H and O–H groups in total. The molecule has 1 aromatic rings. The molecule has 1 saturated carbocycles. The standard InChI is InChI=1S/C16H13F7O2/c1-15(2)8(3-4-16(21,22)23)11(15)14(24)25-6-7-12(19)9(17)5-10(18)13(7)20/h3-5,8,11H,6H2,1-2H3/b4-3+. The zero-order valence-electron chi connectivity index (χ0n) is 13.1. The van der Waals surface area contributed by atoms with E-state index >= 15 is 0 Å². The molecule has 0 radical (unpaired) electrons. The highest BCUT2D eigenvalue weighted by molar-refractivity contribution is 5.78. The van der Waals surface area contributed by atoms with Crippen LogP contribution in [0.3, 0.4) is 0 Å². The largest absolute Gasteiger partial charge is 0.460 e. The minimum atomic E-state index is -4.54. The second-order valence-electron chi connectivity index (χ2n) is 6.28. The minimum Gasteiger partial charge on any atom is -0.460 e. The molecule has 9 heteroatoms. The third-order valence-electron chi connectivity index (χ3n) is 4.22. The number of allylic oxidation sites excluding steroid dienone is 2. The zero-order chi connectivity index (χ0) is 19.2. The van der Waals surface area contributed by atoms with E-state index in [1.165, 1.54) is 13.8 Å². The molecule has 0 spiro atoms. The number of benzene rings is 1. The third-order valence-corrected chi connectivity index (χ3v) is 4.22. The van der Waals surface area contributed by atoms with Crippen molar-refractivity contribution in [2.45, 2.75) is 26.6 Å². The summed E-state index contributed by atoms with van der Waals surface area (Å²) < 4.78 is 94.4. The highest BCUT2D eigenvalue weighted by Crippen LogP contribution is 2.59. The van der Waals surface area contributed by atoms with E-state index in [0.717, 1.165) is 6.08 Å². The van der Waals surface area contributed by atoms with Crippen LogP contribution in [0.25, 0.3) is 0 Å². The maximum absolute atomic E-state index is 13.5. The molecule has 0 aliphatic heterocycles. The quantitative estimate of drug-likeness (QED) is 0.333. The molecule has 0 amide bonds. The van der Waals surface area contributed by atoms with E-state index in [-0.39, 0.29) is 12.1 Å². The number of hydrogen-bond acceptors (Lipinski definition) is 2. The van der Waals surface area contributed by atoms with Crippen molar-refractivity contribution < 1.29 is 40.3 Å². The molecule has 1 aliphatic carbocycles. The average Bonchev–Trinajstić information content (AvgIpc) is 3.03. The van der Waals surface area contributed by atoms with Gasteiger partial charge in [0.05, 0.1) is 11.5 Å². The lowest BCUT2D eigenvalue weighted by atomic mass is 10.1. The zero-order valence-corrected chi connectivity index (χ0v) is 13.1. The molecule has 2 rings (SSSR count). The Morgan fingerprint density at radius 2 is 1.68 bits per heavy atom. The number of rotatable bonds is 4. The predicted octanol–water partition coefficient (Wildman–Crippen LogP) is 4.68. The monoisotopic (exact) mass is 370 g/mol. The summed E-state index contributed by atoms with van der Waals surface area (Å²) in [4.78, 5) is 12.0. The van der Waals surface area contributed by atoms with Crippen molar-refractivity contribution in [3.05, 3.63) is 47.1 Å². The van der Waals surface area contributed by atoms with Crippen molar-refractivity contribution in [3.63, 3.8) is 0 Å². The van der Waals surface area contributed by atoms with Gasteiger partial charge in [-0.3, -0.25) is 4.79 Å². The van der Waals surface area contributed by atoms with Gasteiger partial charge in [-0.1, -0.05) is 19.9 Å². The summed E-state index contributed by atoms with van der Waals surface area (Å²) in [5.74, 6) is -9.45. The first kappa shape index (κ1) is 19.3. The summed E-state index contributed by atoms with van der Waals surface area (Å²) >= 11 is 0. The van der Waals surface area contributed by atoms with Gasteiger partial charge in [0.1, 0.15) is 6.61 Å². The number of alkyl halides is 3. The summed E-state index contributed by atoms with van der Waals surface area (Å²) in [6, 6.07) is 0.0119. The van der Waals surface area contributed by atoms with Crippen LogP contribution in [0.2, 0.25) is 0 Å². The van der Waals surface area contributed by atoms with Gasteiger partial charge in [0.15, 0.2) is 23.3 Å². The molecule has 2 atom stereocenters. The van der Waals surface area contributed by atoms with E-state index in [1.54, 1.807) is 0 Å². The Balaban J connectivity index is 2.08. The van der Waals surface area contributed by atoms with Gasteiger partial charge in [-0.05, 0) is 11.3 Å². The van der Waals surface area contributed by atoms with E-state index in [4.69, 9.17) is 0 Å². The highest BCUT2D eigenvalue weighted by Gasteiger charge is 2.61. The van der Waals surface area contributed by atoms with Crippen LogP contribution in [-0.2, 0) is 16.1 Å². The van der Waals surface area contributed by atoms with Crippen LogP contribution >= 0.6 is 0 Å². The highest BCUT2D eigenvalue weighted by atomic mass is 19.4. The number of halogens is 7. The Bertz CT molecular complexity index is 696. The second-order valence-corrected chi connectivity index (χ2v) is 6.28. The lowest BCUT2D eigenvalue weighted by Gasteiger charge is -2.09. The van der Waals surface area contributed by atoms with E-state index < -0.39 is 64.8 Å². The fourth-order valence-electron chi connectivity index (χ4n) is 2.68. The van der Waals surface area contributed by atoms with Crippen molar-refractivity contribution in [2.75, 3.05) is 0 Å². The smallest absolute Gasteiger partial charge is 0.409 e. The molecule has 0 heterocycles. The molecular weight excluding hydrogens is 357 g/mol. The van der Waals surface area contributed by atoms with Gasteiger partial charge in [0, 0.05) is 12.1 Å². The lowest BCUT2D eigenvalue weighted by Crippen LogP contribution is -2.13. The van der Waals surface area contributed by atoms with Crippen LogP contribution in [0.4, 0.5) is 30.7 Å². The van der Waals surface area contributed by atoms with E-state index in [2.05, 4.69) is 4.74 Å². The molecule has 0 bridgehead atoms. The molecule has 25 heavy (non-hydrogen) atoms. The maximum atomic E-state index is 13.5. The van der Waals surface area contributed by atoms with Crippen LogP contribution in [0.1, 0.15) is 19.4 Å². The molecular formula is C16H13F7O2. The fourth-order valence-corrected chi connectivity index (χ4v) is 2.68. The number of carbonyl (C=O) groups excluding carboxylic acids is 1. The molecule has 1 fully saturated rings. The van der Waals surface area contributed by atoms with Crippen molar-refractivity contribution in [2.24, 2.45) is 17.3 Å². The van der Waals surface area contributed by atoms with Crippen molar-refractivity contribution in [3.8, 4) is 0 Å². The number of ether oxygens (including phenoxy) is 1. The molecule has 1 aliphatic rings. The molecule has 2 unspecified atom stereocenters. The van der Waals surface area contributed by atoms with Crippen LogP contribution in [-0.4, -0.2) is 12.1 Å². The Labute approximate surface area is 138 Å². The topological polar surface area (TPSA) is 26.3 Å². The first-order valence-corrected chi connectivity index (χ1v) is 7.11. The number of hydrogen-bond donors (Lipinski definition) is 0. The second kappa shape index (κ2) is 6.34. The molecule has 2 nitrogen and oxygen atoms in total. The molecule has 0 aromatic heterocycles. The van der Waals surface area contributed by atoms with E-state index in [1.807, 2.05) is 0 Å². The van der Waals surface area contributed by atoms with Gasteiger partial charge in [-0.25, -0.2) is 17.6 Å². The van der Waals surface area contributed by atoms with Gasteiger partial charge in [-0.15, -0.1) is 0 Å². The van der Waals surface area contributed by atoms with Gasteiger partial charge in [-0.2, -0.15) is 13.2 Å². The summed E-state index contributed by atoms with van der Waals surface area (Å²) in [5, 5.41) is 0. The number of esters is 1. The summed E-state index contributed by atoms with van der Waals surface area (Å²) in [5.41, 5.74) is -1.95. The van der Waals surface area contributed by atoms with Gasteiger partial charge < -0.3 is 4.74 Å². The Morgan fingerprint density at radius 3 is 2.16 bits per heavy atom. The minimum absolute atomic E-state index is 0.00597. The molecule has 1 aromatic carbocycles. The van der Waals surface area contributed by atoms with Crippen molar-refractivity contribution >= 4 is 5.97 Å². The van der Waals surface area contributed by atoms with Gasteiger partial charge in [0.2, 0.25) is 0 Å². The molecule has 0 saturated heterocycles. The van der Waals surface area contributed by atoms with E-state index in [0.29, 0.717) is 0 Å². The Morgan fingerprint density at radius 1 is 1.16 bits per heavy atom. The first-order chi connectivity index (χ1) is 11.4. The summed E-state index contributed by atoms with van der Waals surface area (Å²) in [6.07, 6.45) is -3.73. The van der Waals surface area contributed by atoms with Crippen LogP contribution in [0, 0.1) is 40.5 Å². The Hall–Kier alpha value is -2.06.